The Labute approximate surface area is 187 Å². The zero-order valence-corrected chi connectivity index (χ0v) is 17.7. The zero-order chi connectivity index (χ0) is 21.8. The number of hydrogen-bond donors (Lipinski definition) is 1. The van der Waals surface area contributed by atoms with E-state index in [1.807, 2.05) is 0 Å². The van der Waals surface area contributed by atoms with Crippen molar-refractivity contribution in [3.8, 4) is 17.0 Å². The Bertz CT molecular complexity index is 1210. The molecule has 9 heteroatoms. The number of aryl methyl sites for hydroxylation is 1. The van der Waals surface area contributed by atoms with Gasteiger partial charge in [0.25, 0.3) is 0 Å². The van der Waals surface area contributed by atoms with Crippen molar-refractivity contribution in [3.63, 3.8) is 0 Å². The maximum absolute atomic E-state index is 14.3. The van der Waals surface area contributed by atoms with Gasteiger partial charge in [-0.25, -0.2) is 14.4 Å². The lowest BCUT2D eigenvalue weighted by Crippen LogP contribution is -2.23. The van der Waals surface area contributed by atoms with Gasteiger partial charge in [-0.2, -0.15) is 0 Å². The first-order chi connectivity index (χ1) is 15.0. The number of benzene rings is 2. The largest absolute Gasteiger partial charge is 0.441 e. The van der Waals surface area contributed by atoms with Crippen molar-refractivity contribution in [2.24, 2.45) is 0 Å². The highest BCUT2D eigenvalue weighted by Crippen LogP contribution is 2.30. The van der Waals surface area contributed by atoms with Crippen LogP contribution < -0.4 is 5.32 Å². The van der Waals surface area contributed by atoms with Crippen molar-refractivity contribution in [1.29, 1.82) is 0 Å². The summed E-state index contributed by atoms with van der Waals surface area (Å²) in [6.07, 6.45) is 6.83. The van der Waals surface area contributed by atoms with Crippen molar-refractivity contribution in [2.45, 2.75) is 19.4 Å². The fourth-order valence-corrected chi connectivity index (χ4v) is 3.52. The van der Waals surface area contributed by atoms with Gasteiger partial charge in [0.05, 0.1) is 23.2 Å². The molecule has 0 radical (unpaired) electrons. The van der Waals surface area contributed by atoms with Crippen LogP contribution in [0.3, 0.4) is 0 Å². The summed E-state index contributed by atoms with van der Waals surface area (Å²) in [4.78, 5) is 20.3. The highest BCUT2D eigenvalue weighted by molar-refractivity contribution is 6.36. The number of carbonyl (C=O) groups is 1. The Kier molecular flexibility index (Phi) is 6.34. The molecule has 0 unspecified atom stereocenters. The summed E-state index contributed by atoms with van der Waals surface area (Å²) < 4.78 is 21.6. The summed E-state index contributed by atoms with van der Waals surface area (Å²) in [5, 5.41) is 3.76. The number of imidazole rings is 1. The van der Waals surface area contributed by atoms with Crippen LogP contribution in [0.1, 0.15) is 17.9 Å². The maximum Gasteiger partial charge on any atom is 0.220 e. The van der Waals surface area contributed by atoms with Crippen LogP contribution in [-0.2, 0) is 17.8 Å². The summed E-state index contributed by atoms with van der Waals surface area (Å²) in [6.45, 7) is 0.219. The topological polar surface area (TPSA) is 73.0 Å². The molecule has 4 rings (SSSR count). The molecule has 4 aromatic rings. The summed E-state index contributed by atoms with van der Waals surface area (Å²) in [5.41, 5.74) is 1.73. The number of nitrogens with zero attached hydrogens (tertiary/aromatic N) is 3. The van der Waals surface area contributed by atoms with E-state index in [-0.39, 0.29) is 18.9 Å². The highest BCUT2D eigenvalue weighted by atomic mass is 35.5. The Morgan fingerprint density at radius 1 is 1.19 bits per heavy atom. The van der Waals surface area contributed by atoms with Gasteiger partial charge in [0, 0.05) is 42.4 Å². The van der Waals surface area contributed by atoms with Crippen LogP contribution in [0, 0.1) is 5.82 Å². The smallest absolute Gasteiger partial charge is 0.220 e. The van der Waals surface area contributed by atoms with Crippen LogP contribution in [-0.4, -0.2) is 20.4 Å². The first-order valence-electron chi connectivity index (χ1n) is 9.43. The molecule has 0 atom stereocenters. The Morgan fingerprint density at radius 3 is 2.81 bits per heavy atom. The second kappa shape index (κ2) is 9.32. The fourth-order valence-electron chi connectivity index (χ4n) is 3.02. The molecular formula is C22H17Cl2FN4O2. The van der Waals surface area contributed by atoms with Gasteiger partial charge in [0.15, 0.2) is 11.7 Å². The lowest BCUT2D eigenvalue weighted by Gasteiger charge is -2.08. The molecule has 0 spiro atoms. The third kappa shape index (κ3) is 5.13. The van der Waals surface area contributed by atoms with Crippen molar-refractivity contribution < 1.29 is 13.6 Å². The molecule has 1 amide bonds. The molecular weight excluding hydrogens is 442 g/mol. The van der Waals surface area contributed by atoms with Crippen LogP contribution in [0.4, 0.5) is 4.39 Å². The van der Waals surface area contributed by atoms with E-state index in [1.54, 1.807) is 53.5 Å². The first-order valence-corrected chi connectivity index (χ1v) is 10.2. The highest BCUT2D eigenvalue weighted by Gasteiger charge is 2.12. The van der Waals surface area contributed by atoms with Crippen molar-refractivity contribution >= 4 is 29.1 Å². The molecule has 2 aromatic heterocycles. The number of halogens is 3. The summed E-state index contributed by atoms with van der Waals surface area (Å²) in [5.74, 6) is 0.346. The molecule has 0 saturated carbocycles. The van der Waals surface area contributed by atoms with E-state index in [9.17, 15) is 9.18 Å². The van der Waals surface area contributed by atoms with E-state index < -0.39 is 5.82 Å². The van der Waals surface area contributed by atoms with Crippen molar-refractivity contribution in [2.75, 3.05) is 0 Å². The predicted octanol–water partition coefficient (Wildman–Crippen LogP) is 5.22. The van der Waals surface area contributed by atoms with Gasteiger partial charge >= 0.3 is 0 Å². The van der Waals surface area contributed by atoms with E-state index in [0.717, 1.165) is 0 Å². The molecule has 158 valence electrons. The van der Waals surface area contributed by atoms with E-state index in [4.69, 9.17) is 27.6 Å². The Balaban J connectivity index is 1.30. The fraction of sp³-hybridized carbons (Fsp3) is 0.136. The number of amides is 1. The lowest BCUT2D eigenvalue weighted by molar-refractivity contribution is -0.121. The third-order valence-corrected chi connectivity index (χ3v) is 5.15. The summed E-state index contributed by atoms with van der Waals surface area (Å²) in [7, 11) is 0. The molecule has 0 saturated heterocycles. The van der Waals surface area contributed by atoms with E-state index in [2.05, 4.69) is 15.3 Å². The number of oxazole rings is 1. The van der Waals surface area contributed by atoms with E-state index in [0.29, 0.717) is 44.9 Å². The van der Waals surface area contributed by atoms with Gasteiger partial charge in [-0.1, -0.05) is 29.3 Å². The average molecular weight is 459 g/mol. The predicted molar refractivity (Wildman–Crippen MR) is 116 cm³/mol. The SMILES string of the molecule is O=C(CCc1ncc(-c2ccc(Cl)cc2Cl)o1)NCc1ccc(-n2ccnc2)c(F)c1. The Morgan fingerprint density at radius 2 is 2.06 bits per heavy atom. The monoisotopic (exact) mass is 458 g/mol. The minimum absolute atomic E-state index is 0.184. The van der Waals surface area contributed by atoms with Crippen LogP contribution in [0.5, 0.6) is 0 Å². The Hall–Kier alpha value is -3.16. The van der Waals surface area contributed by atoms with Crippen LogP contribution in [0.25, 0.3) is 17.0 Å². The molecule has 6 nitrogen and oxygen atoms in total. The number of rotatable bonds is 7. The van der Waals surface area contributed by atoms with Crippen LogP contribution in [0.2, 0.25) is 10.0 Å². The van der Waals surface area contributed by atoms with E-state index in [1.165, 1.54) is 12.4 Å². The average Bonchev–Trinajstić information content (AvgIpc) is 3.43. The third-order valence-electron chi connectivity index (χ3n) is 4.60. The minimum Gasteiger partial charge on any atom is -0.441 e. The number of hydrogen-bond acceptors (Lipinski definition) is 4. The molecule has 0 bridgehead atoms. The molecule has 2 heterocycles. The van der Waals surface area contributed by atoms with Gasteiger partial charge in [0.2, 0.25) is 5.91 Å². The molecule has 0 aliphatic heterocycles. The number of carbonyl (C=O) groups excluding carboxylic acids is 1. The van der Waals surface area contributed by atoms with Crippen LogP contribution in [0.15, 0.2) is 65.7 Å². The standard InChI is InChI=1S/C22H17Cl2FN4O2/c23-15-2-3-16(17(24)10-15)20-12-28-22(31-20)6-5-21(30)27-11-14-1-4-19(18(25)9-14)29-8-7-26-13-29/h1-4,7-10,12-13H,5-6,11H2,(H,27,30). The van der Waals surface area contributed by atoms with Gasteiger partial charge in [-0.15, -0.1) is 0 Å². The quantitative estimate of drug-likeness (QED) is 0.411. The van der Waals surface area contributed by atoms with Crippen molar-refractivity contribution in [3.05, 3.63) is 88.6 Å². The molecule has 0 aliphatic carbocycles. The molecule has 0 fully saturated rings. The minimum atomic E-state index is -0.391. The second-order valence-corrected chi connectivity index (χ2v) is 7.62. The van der Waals surface area contributed by atoms with Gasteiger partial charge in [0.1, 0.15) is 5.82 Å². The summed E-state index contributed by atoms with van der Waals surface area (Å²) >= 11 is 12.1. The van der Waals surface area contributed by atoms with Crippen LogP contribution >= 0.6 is 23.2 Å². The molecule has 2 aromatic carbocycles. The molecule has 31 heavy (non-hydrogen) atoms. The van der Waals surface area contributed by atoms with Gasteiger partial charge in [-0.05, 0) is 35.9 Å². The second-order valence-electron chi connectivity index (χ2n) is 6.77. The summed E-state index contributed by atoms with van der Waals surface area (Å²) in [6, 6.07) is 9.89. The number of aromatic nitrogens is 3. The number of nitrogens with one attached hydrogen (secondary N) is 1. The first kappa shape index (κ1) is 21.1. The lowest BCUT2D eigenvalue weighted by atomic mass is 10.2. The molecule has 0 aliphatic rings. The zero-order valence-electron chi connectivity index (χ0n) is 16.2. The van der Waals surface area contributed by atoms with E-state index >= 15 is 0 Å². The molecule has 1 N–H and O–H groups in total. The normalized spacial score (nSPS) is 10.9. The van der Waals surface area contributed by atoms with Crippen molar-refractivity contribution in [1.82, 2.24) is 19.9 Å². The van der Waals surface area contributed by atoms with Gasteiger partial charge in [-0.3, -0.25) is 4.79 Å². The van der Waals surface area contributed by atoms with Gasteiger partial charge < -0.3 is 14.3 Å². The maximum atomic E-state index is 14.3.